The number of alkyl halides is 3. The van der Waals surface area contributed by atoms with Gasteiger partial charge in [-0.25, -0.2) is 9.50 Å². The summed E-state index contributed by atoms with van der Waals surface area (Å²) in [7, 11) is 0. The van der Waals surface area contributed by atoms with Crippen LogP contribution in [0.4, 0.5) is 18.9 Å². The molecular weight excluding hydrogens is 416 g/mol. The van der Waals surface area contributed by atoms with Crippen LogP contribution in [0.5, 0.6) is 0 Å². The lowest BCUT2D eigenvalue weighted by Gasteiger charge is -2.19. The van der Waals surface area contributed by atoms with Crippen molar-refractivity contribution in [2.24, 2.45) is 0 Å². The van der Waals surface area contributed by atoms with Gasteiger partial charge in [0.25, 0.3) is 5.91 Å². The van der Waals surface area contributed by atoms with Crippen LogP contribution in [-0.4, -0.2) is 20.5 Å². The minimum atomic E-state index is -4.66. The maximum Gasteiger partial charge on any atom is 0.433 e. The van der Waals surface area contributed by atoms with E-state index in [0.717, 1.165) is 6.07 Å². The highest BCUT2D eigenvalue weighted by Gasteiger charge is 2.36. The molecule has 0 aliphatic rings. The smallest absolute Gasteiger partial charge is 0.321 e. The van der Waals surface area contributed by atoms with Crippen molar-refractivity contribution in [3.8, 4) is 0 Å². The number of nitrogens with zero attached hydrogens (tertiary/aromatic N) is 3. The number of rotatable bonds is 2. The van der Waals surface area contributed by atoms with Crippen LogP contribution in [0, 0.1) is 0 Å². The summed E-state index contributed by atoms with van der Waals surface area (Å²) in [6, 6.07) is 6.58. The topological polar surface area (TPSA) is 59.3 Å². The standard InChI is InChI=1S/C18H15Cl2F3N4O/c1-17(2,3)13-8-14(18(21,22)23)27-15(25-13)7-12(26-27)16(28)24-9-4-5-10(19)11(20)6-9/h4-8H,1-3H3,(H,24,28). The number of halogens is 5. The van der Waals surface area contributed by atoms with Crippen molar-refractivity contribution in [1.29, 1.82) is 0 Å². The first-order valence-electron chi connectivity index (χ1n) is 8.11. The Labute approximate surface area is 168 Å². The van der Waals surface area contributed by atoms with Crippen LogP contribution in [0.1, 0.15) is 42.6 Å². The Morgan fingerprint density at radius 3 is 2.32 bits per heavy atom. The monoisotopic (exact) mass is 430 g/mol. The van der Waals surface area contributed by atoms with E-state index in [2.05, 4.69) is 15.4 Å². The lowest BCUT2D eigenvalue weighted by molar-refractivity contribution is -0.142. The van der Waals surface area contributed by atoms with E-state index in [1.807, 2.05) is 0 Å². The Kier molecular flexibility index (Phi) is 5.05. The second-order valence-electron chi connectivity index (χ2n) is 7.16. The Balaban J connectivity index is 2.05. The van der Waals surface area contributed by atoms with Gasteiger partial charge in [0.1, 0.15) is 5.69 Å². The van der Waals surface area contributed by atoms with Gasteiger partial charge in [-0.05, 0) is 24.3 Å². The summed E-state index contributed by atoms with van der Waals surface area (Å²) in [6.07, 6.45) is -4.66. The van der Waals surface area contributed by atoms with Crippen LogP contribution in [-0.2, 0) is 11.6 Å². The third-order valence-electron chi connectivity index (χ3n) is 3.90. The molecule has 10 heteroatoms. The molecule has 0 atom stereocenters. The van der Waals surface area contributed by atoms with E-state index in [9.17, 15) is 18.0 Å². The number of fused-ring (bicyclic) bond motifs is 1. The zero-order chi connectivity index (χ0) is 20.9. The fraction of sp³-hybridized carbons (Fsp3) is 0.278. The van der Waals surface area contributed by atoms with E-state index in [4.69, 9.17) is 23.2 Å². The molecule has 1 N–H and O–H groups in total. The predicted molar refractivity (Wildman–Crippen MR) is 101 cm³/mol. The first kappa shape index (κ1) is 20.4. The van der Waals surface area contributed by atoms with Crippen molar-refractivity contribution in [3.63, 3.8) is 0 Å². The van der Waals surface area contributed by atoms with Crippen molar-refractivity contribution in [1.82, 2.24) is 14.6 Å². The van der Waals surface area contributed by atoms with Crippen LogP contribution in [0.3, 0.4) is 0 Å². The molecule has 2 aromatic heterocycles. The summed E-state index contributed by atoms with van der Waals surface area (Å²) in [5.74, 6) is -0.700. The molecule has 3 rings (SSSR count). The number of carbonyl (C=O) groups excluding carboxylic acids is 1. The summed E-state index contributed by atoms with van der Waals surface area (Å²) in [4.78, 5) is 16.7. The van der Waals surface area contributed by atoms with Crippen molar-refractivity contribution >= 4 is 40.4 Å². The molecule has 0 bridgehead atoms. The van der Waals surface area contributed by atoms with Crippen molar-refractivity contribution in [2.75, 3.05) is 5.32 Å². The molecule has 0 radical (unpaired) electrons. The molecule has 0 saturated heterocycles. The minimum Gasteiger partial charge on any atom is -0.321 e. The Morgan fingerprint density at radius 1 is 1.07 bits per heavy atom. The lowest BCUT2D eigenvalue weighted by Crippen LogP contribution is -2.20. The van der Waals surface area contributed by atoms with E-state index in [0.29, 0.717) is 15.2 Å². The molecule has 5 nitrogen and oxygen atoms in total. The maximum absolute atomic E-state index is 13.5. The molecule has 148 valence electrons. The largest absolute Gasteiger partial charge is 0.433 e. The molecule has 2 heterocycles. The normalized spacial score (nSPS) is 12.4. The highest BCUT2D eigenvalue weighted by atomic mass is 35.5. The van der Waals surface area contributed by atoms with E-state index in [1.165, 1.54) is 24.3 Å². The number of hydrogen-bond donors (Lipinski definition) is 1. The van der Waals surface area contributed by atoms with Crippen LogP contribution < -0.4 is 5.32 Å². The van der Waals surface area contributed by atoms with Gasteiger partial charge in [-0.1, -0.05) is 44.0 Å². The summed E-state index contributed by atoms with van der Waals surface area (Å²) < 4.78 is 41.2. The molecule has 1 aromatic carbocycles. The Bertz CT molecular complexity index is 1070. The quantitative estimate of drug-likeness (QED) is 0.574. The highest BCUT2D eigenvalue weighted by Crippen LogP contribution is 2.33. The zero-order valence-electron chi connectivity index (χ0n) is 15.0. The molecule has 0 fully saturated rings. The highest BCUT2D eigenvalue weighted by molar-refractivity contribution is 6.42. The molecule has 0 aliphatic heterocycles. The fourth-order valence-corrected chi connectivity index (χ4v) is 2.74. The second-order valence-corrected chi connectivity index (χ2v) is 7.97. The zero-order valence-corrected chi connectivity index (χ0v) is 16.5. The third kappa shape index (κ3) is 4.07. The van der Waals surface area contributed by atoms with Crippen LogP contribution >= 0.6 is 23.2 Å². The average Bonchev–Trinajstić information content (AvgIpc) is 2.99. The number of nitrogens with one attached hydrogen (secondary N) is 1. The Hall–Kier alpha value is -2.32. The second kappa shape index (κ2) is 6.93. The van der Waals surface area contributed by atoms with Crippen molar-refractivity contribution in [3.05, 3.63) is 57.5 Å². The number of hydrogen-bond acceptors (Lipinski definition) is 3. The van der Waals surface area contributed by atoms with Gasteiger partial charge in [-0.2, -0.15) is 18.3 Å². The SMILES string of the molecule is CC(C)(C)c1cc(C(F)(F)F)n2nc(C(=O)Nc3ccc(Cl)c(Cl)c3)cc2n1. The summed E-state index contributed by atoms with van der Waals surface area (Å²) in [6.45, 7) is 5.25. The van der Waals surface area contributed by atoms with E-state index in [1.54, 1.807) is 20.8 Å². The van der Waals surface area contributed by atoms with Crippen molar-refractivity contribution < 1.29 is 18.0 Å². The molecule has 3 aromatic rings. The number of amides is 1. The summed E-state index contributed by atoms with van der Waals surface area (Å²) in [5.41, 5.74) is -1.33. The van der Waals surface area contributed by atoms with Gasteiger partial charge >= 0.3 is 6.18 Å². The number of benzene rings is 1. The van der Waals surface area contributed by atoms with Crippen LogP contribution in [0.15, 0.2) is 30.3 Å². The summed E-state index contributed by atoms with van der Waals surface area (Å²) in [5, 5.41) is 6.86. The van der Waals surface area contributed by atoms with Gasteiger partial charge in [-0.3, -0.25) is 4.79 Å². The molecule has 0 saturated carbocycles. The first-order chi connectivity index (χ1) is 12.9. The molecule has 1 amide bonds. The maximum atomic E-state index is 13.5. The van der Waals surface area contributed by atoms with E-state index in [-0.39, 0.29) is 22.1 Å². The average molecular weight is 431 g/mol. The van der Waals surface area contributed by atoms with Crippen molar-refractivity contribution in [2.45, 2.75) is 32.4 Å². The van der Waals surface area contributed by atoms with Crippen LogP contribution in [0.2, 0.25) is 10.0 Å². The minimum absolute atomic E-state index is 0.0703. The van der Waals surface area contributed by atoms with Gasteiger partial charge in [0, 0.05) is 17.2 Å². The van der Waals surface area contributed by atoms with Gasteiger partial charge < -0.3 is 5.32 Å². The third-order valence-corrected chi connectivity index (χ3v) is 4.64. The van der Waals surface area contributed by atoms with Gasteiger partial charge in [0.05, 0.1) is 15.7 Å². The molecule has 0 spiro atoms. The van der Waals surface area contributed by atoms with E-state index >= 15 is 0 Å². The molecule has 28 heavy (non-hydrogen) atoms. The number of anilines is 1. The van der Waals surface area contributed by atoms with E-state index < -0.39 is 23.2 Å². The van der Waals surface area contributed by atoms with Gasteiger partial charge in [-0.15, -0.1) is 0 Å². The fourth-order valence-electron chi connectivity index (χ4n) is 2.44. The molecule has 0 aliphatic carbocycles. The number of aromatic nitrogens is 3. The number of carbonyl (C=O) groups is 1. The van der Waals surface area contributed by atoms with Gasteiger partial charge in [0.15, 0.2) is 11.3 Å². The van der Waals surface area contributed by atoms with Crippen LogP contribution in [0.25, 0.3) is 5.65 Å². The Morgan fingerprint density at radius 2 is 1.75 bits per heavy atom. The first-order valence-corrected chi connectivity index (χ1v) is 8.87. The molecular formula is C18H15Cl2F3N4O. The van der Waals surface area contributed by atoms with Gasteiger partial charge in [0.2, 0.25) is 0 Å². The predicted octanol–water partition coefficient (Wildman–Crippen LogP) is 5.60. The lowest BCUT2D eigenvalue weighted by atomic mass is 9.91. The molecule has 0 unspecified atom stereocenters. The summed E-state index contributed by atoms with van der Waals surface area (Å²) >= 11 is 11.7.